The van der Waals surface area contributed by atoms with Crippen LogP contribution in [0.2, 0.25) is 0 Å². The minimum absolute atomic E-state index is 0.666. The molecule has 0 spiro atoms. The van der Waals surface area contributed by atoms with Crippen LogP contribution in [0.4, 0.5) is 0 Å². The second-order valence-corrected chi connectivity index (χ2v) is 5.28. The van der Waals surface area contributed by atoms with E-state index in [4.69, 9.17) is 9.47 Å². The van der Waals surface area contributed by atoms with Crippen LogP contribution < -0.4 is 14.8 Å². The van der Waals surface area contributed by atoms with Gasteiger partial charge >= 0.3 is 0 Å². The van der Waals surface area contributed by atoms with Gasteiger partial charge in [0.2, 0.25) is 0 Å². The Hall–Kier alpha value is -1.52. The van der Waals surface area contributed by atoms with E-state index in [1.54, 1.807) is 18.4 Å². The van der Waals surface area contributed by atoms with E-state index in [0.29, 0.717) is 6.61 Å². The van der Waals surface area contributed by atoms with Crippen molar-refractivity contribution in [1.29, 1.82) is 0 Å². The van der Waals surface area contributed by atoms with Gasteiger partial charge in [0.15, 0.2) is 11.5 Å². The molecule has 2 rings (SSSR count). The number of benzene rings is 1. The Morgan fingerprint density at radius 3 is 2.75 bits per heavy atom. The molecule has 1 aromatic carbocycles. The lowest BCUT2D eigenvalue weighted by molar-refractivity contribution is 0.297. The number of hydrogen-bond acceptors (Lipinski definition) is 4. The summed E-state index contributed by atoms with van der Waals surface area (Å²) in [5.41, 5.74) is 2.52. The fourth-order valence-electron chi connectivity index (χ4n) is 1.92. The van der Waals surface area contributed by atoms with Gasteiger partial charge in [-0.2, -0.15) is 11.3 Å². The first kappa shape index (κ1) is 14.9. The molecule has 2 aromatic rings. The molecule has 0 atom stereocenters. The third-order valence-electron chi connectivity index (χ3n) is 3.04. The highest BCUT2D eigenvalue weighted by atomic mass is 32.1. The highest BCUT2D eigenvalue weighted by Crippen LogP contribution is 2.28. The Morgan fingerprint density at radius 1 is 1.15 bits per heavy atom. The van der Waals surface area contributed by atoms with E-state index in [1.807, 2.05) is 12.1 Å². The molecule has 1 heterocycles. The molecule has 20 heavy (non-hydrogen) atoms. The van der Waals surface area contributed by atoms with Crippen LogP contribution in [0, 0.1) is 0 Å². The molecule has 1 N–H and O–H groups in total. The standard InChI is InChI=1S/C16H21NO2S/c1-3-17-11-14-4-5-15(16(10-14)18-2)19-8-6-13-7-9-20-12-13/h4-5,7,9-10,12,17H,3,6,8,11H2,1-2H3. The summed E-state index contributed by atoms with van der Waals surface area (Å²) in [6.07, 6.45) is 0.922. The fourth-order valence-corrected chi connectivity index (χ4v) is 2.63. The number of nitrogens with one attached hydrogen (secondary N) is 1. The van der Waals surface area contributed by atoms with E-state index in [2.05, 4.69) is 35.1 Å². The smallest absolute Gasteiger partial charge is 0.161 e. The van der Waals surface area contributed by atoms with Crippen molar-refractivity contribution >= 4 is 11.3 Å². The number of thiophene rings is 1. The molecule has 0 unspecified atom stereocenters. The van der Waals surface area contributed by atoms with Gasteiger partial charge in [-0.15, -0.1) is 0 Å². The first-order valence-corrected chi connectivity index (χ1v) is 7.79. The van der Waals surface area contributed by atoms with E-state index in [-0.39, 0.29) is 0 Å². The van der Waals surface area contributed by atoms with Gasteiger partial charge in [-0.1, -0.05) is 13.0 Å². The molecular weight excluding hydrogens is 270 g/mol. The van der Waals surface area contributed by atoms with Crippen molar-refractivity contribution in [2.24, 2.45) is 0 Å². The topological polar surface area (TPSA) is 30.5 Å². The average Bonchev–Trinajstić information content (AvgIpc) is 2.99. The molecule has 0 saturated carbocycles. The summed E-state index contributed by atoms with van der Waals surface area (Å²) in [6.45, 7) is 4.57. The normalized spacial score (nSPS) is 10.5. The predicted octanol–water partition coefficient (Wildman–Crippen LogP) is 3.49. The molecule has 1 aromatic heterocycles. The van der Waals surface area contributed by atoms with Gasteiger partial charge in [-0.3, -0.25) is 0 Å². The molecule has 0 amide bonds. The Labute approximate surface area is 124 Å². The van der Waals surface area contributed by atoms with Crippen molar-refractivity contribution in [3.05, 3.63) is 46.2 Å². The molecule has 0 aliphatic heterocycles. The highest BCUT2D eigenvalue weighted by molar-refractivity contribution is 7.07. The lowest BCUT2D eigenvalue weighted by Gasteiger charge is -2.12. The molecule has 108 valence electrons. The molecule has 4 heteroatoms. The number of rotatable bonds is 8. The van der Waals surface area contributed by atoms with Crippen molar-refractivity contribution in [3.8, 4) is 11.5 Å². The third-order valence-corrected chi connectivity index (χ3v) is 3.77. The first-order chi connectivity index (χ1) is 9.83. The monoisotopic (exact) mass is 291 g/mol. The van der Waals surface area contributed by atoms with Crippen molar-refractivity contribution in [1.82, 2.24) is 5.32 Å². The van der Waals surface area contributed by atoms with Crippen molar-refractivity contribution < 1.29 is 9.47 Å². The second-order valence-electron chi connectivity index (χ2n) is 4.50. The number of methoxy groups -OCH3 is 1. The molecule has 0 bridgehead atoms. The lowest BCUT2D eigenvalue weighted by atomic mass is 10.2. The van der Waals surface area contributed by atoms with Gasteiger partial charge in [0.05, 0.1) is 13.7 Å². The predicted molar refractivity (Wildman–Crippen MR) is 83.9 cm³/mol. The van der Waals surface area contributed by atoms with E-state index in [9.17, 15) is 0 Å². The van der Waals surface area contributed by atoms with Crippen LogP contribution in [0.25, 0.3) is 0 Å². The van der Waals surface area contributed by atoms with Crippen LogP contribution in [0.5, 0.6) is 11.5 Å². The van der Waals surface area contributed by atoms with Crippen molar-refractivity contribution in [2.75, 3.05) is 20.3 Å². The van der Waals surface area contributed by atoms with E-state index < -0.39 is 0 Å². The Balaban J connectivity index is 1.92. The molecular formula is C16H21NO2S. The van der Waals surface area contributed by atoms with E-state index in [0.717, 1.165) is 31.0 Å². The summed E-state index contributed by atoms with van der Waals surface area (Å²) in [6, 6.07) is 8.22. The van der Waals surface area contributed by atoms with Gasteiger partial charge in [0.25, 0.3) is 0 Å². The van der Waals surface area contributed by atoms with Gasteiger partial charge in [-0.25, -0.2) is 0 Å². The maximum atomic E-state index is 5.82. The molecule has 0 radical (unpaired) electrons. The Kier molecular flexibility index (Phi) is 5.89. The van der Waals surface area contributed by atoms with Crippen molar-refractivity contribution in [2.45, 2.75) is 19.9 Å². The number of hydrogen-bond donors (Lipinski definition) is 1. The van der Waals surface area contributed by atoms with Crippen LogP contribution in [0.1, 0.15) is 18.1 Å². The quantitative estimate of drug-likeness (QED) is 0.807. The Bertz CT molecular complexity index is 511. The van der Waals surface area contributed by atoms with Crippen LogP contribution in [-0.2, 0) is 13.0 Å². The van der Waals surface area contributed by atoms with Crippen LogP contribution in [0.15, 0.2) is 35.0 Å². The minimum atomic E-state index is 0.666. The van der Waals surface area contributed by atoms with Gasteiger partial charge < -0.3 is 14.8 Å². The van der Waals surface area contributed by atoms with Crippen LogP contribution >= 0.6 is 11.3 Å². The maximum absolute atomic E-state index is 5.82. The maximum Gasteiger partial charge on any atom is 0.161 e. The number of ether oxygens (including phenoxy) is 2. The first-order valence-electron chi connectivity index (χ1n) is 6.85. The molecule has 0 aliphatic carbocycles. The molecule has 0 aliphatic rings. The van der Waals surface area contributed by atoms with Crippen LogP contribution in [0.3, 0.4) is 0 Å². The fraction of sp³-hybridized carbons (Fsp3) is 0.375. The van der Waals surface area contributed by atoms with E-state index in [1.165, 1.54) is 11.1 Å². The largest absolute Gasteiger partial charge is 0.493 e. The van der Waals surface area contributed by atoms with Gasteiger partial charge in [-0.05, 0) is 46.6 Å². The highest BCUT2D eigenvalue weighted by Gasteiger charge is 2.06. The zero-order valence-corrected chi connectivity index (χ0v) is 12.8. The van der Waals surface area contributed by atoms with Crippen LogP contribution in [-0.4, -0.2) is 20.3 Å². The molecule has 3 nitrogen and oxygen atoms in total. The summed E-state index contributed by atoms with van der Waals surface area (Å²) in [5, 5.41) is 7.54. The van der Waals surface area contributed by atoms with Gasteiger partial charge in [0, 0.05) is 13.0 Å². The second kappa shape index (κ2) is 7.92. The third kappa shape index (κ3) is 4.25. The Morgan fingerprint density at radius 2 is 2.05 bits per heavy atom. The zero-order chi connectivity index (χ0) is 14.2. The van der Waals surface area contributed by atoms with Crippen molar-refractivity contribution in [3.63, 3.8) is 0 Å². The van der Waals surface area contributed by atoms with E-state index >= 15 is 0 Å². The summed E-state index contributed by atoms with van der Waals surface area (Å²) in [4.78, 5) is 0. The summed E-state index contributed by atoms with van der Waals surface area (Å²) in [5.74, 6) is 1.61. The summed E-state index contributed by atoms with van der Waals surface area (Å²) >= 11 is 1.72. The zero-order valence-electron chi connectivity index (χ0n) is 12.0. The molecule has 0 saturated heterocycles. The van der Waals surface area contributed by atoms with Gasteiger partial charge in [0.1, 0.15) is 0 Å². The summed E-state index contributed by atoms with van der Waals surface area (Å²) < 4.78 is 11.2. The average molecular weight is 291 g/mol. The minimum Gasteiger partial charge on any atom is -0.493 e. The SMILES string of the molecule is CCNCc1ccc(OCCc2ccsc2)c(OC)c1. The molecule has 0 fully saturated rings. The lowest BCUT2D eigenvalue weighted by Crippen LogP contribution is -2.11. The summed E-state index contributed by atoms with van der Waals surface area (Å²) in [7, 11) is 1.68.